The second-order valence-electron chi connectivity index (χ2n) is 7.20. The van der Waals surface area contributed by atoms with E-state index in [2.05, 4.69) is 5.32 Å². The van der Waals surface area contributed by atoms with E-state index in [9.17, 15) is 14.0 Å². The van der Waals surface area contributed by atoms with Gasteiger partial charge in [-0.2, -0.15) is 0 Å². The fraction of sp³-hybridized carbons (Fsp3) is 0.167. The van der Waals surface area contributed by atoms with E-state index in [1.54, 1.807) is 17.0 Å². The van der Waals surface area contributed by atoms with Crippen molar-refractivity contribution in [1.82, 2.24) is 5.32 Å². The summed E-state index contributed by atoms with van der Waals surface area (Å²) in [7, 11) is 0. The summed E-state index contributed by atoms with van der Waals surface area (Å²) >= 11 is 0. The van der Waals surface area contributed by atoms with Gasteiger partial charge < -0.3 is 10.2 Å². The number of rotatable bonds is 4. The molecule has 4 rings (SSSR count). The molecule has 29 heavy (non-hydrogen) atoms. The summed E-state index contributed by atoms with van der Waals surface area (Å²) in [6, 6.07) is 19.3. The van der Waals surface area contributed by atoms with Gasteiger partial charge in [0.2, 0.25) is 0 Å². The van der Waals surface area contributed by atoms with E-state index < -0.39 is 11.7 Å². The quantitative estimate of drug-likeness (QED) is 0.726. The molecular weight excluding hydrogens is 367 g/mol. The number of carbonyl (C=O) groups is 2. The second kappa shape index (κ2) is 7.87. The molecule has 0 aromatic heterocycles. The number of benzene rings is 3. The van der Waals surface area contributed by atoms with E-state index in [-0.39, 0.29) is 18.0 Å². The SMILES string of the molecule is Cc1cccc(C(=O)N2CCc3ccc(CNC(=O)c4ccccc4F)cc32)c1. The first-order valence-electron chi connectivity index (χ1n) is 9.56. The summed E-state index contributed by atoms with van der Waals surface area (Å²) < 4.78 is 13.8. The zero-order valence-electron chi connectivity index (χ0n) is 16.1. The molecule has 0 saturated carbocycles. The summed E-state index contributed by atoms with van der Waals surface area (Å²) in [5, 5.41) is 2.75. The average molecular weight is 388 g/mol. The number of amides is 2. The van der Waals surface area contributed by atoms with Crippen molar-refractivity contribution < 1.29 is 14.0 Å². The van der Waals surface area contributed by atoms with E-state index in [1.165, 1.54) is 12.1 Å². The Hall–Kier alpha value is -3.47. The van der Waals surface area contributed by atoms with Crippen molar-refractivity contribution in [2.45, 2.75) is 19.9 Å². The number of nitrogens with one attached hydrogen (secondary N) is 1. The average Bonchev–Trinajstić information content (AvgIpc) is 3.15. The Morgan fingerprint density at radius 1 is 1.03 bits per heavy atom. The van der Waals surface area contributed by atoms with Crippen LogP contribution in [0.1, 0.15) is 37.4 Å². The zero-order valence-corrected chi connectivity index (χ0v) is 16.1. The Labute approximate surface area is 169 Å². The Bertz CT molecular complexity index is 1090. The van der Waals surface area contributed by atoms with Gasteiger partial charge in [0.1, 0.15) is 5.82 Å². The van der Waals surface area contributed by atoms with Gasteiger partial charge in [-0.1, -0.05) is 42.0 Å². The van der Waals surface area contributed by atoms with Gasteiger partial charge in [-0.05, 0) is 54.8 Å². The predicted molar refractivity (Wildman–Crippen MR) is 111 cm³/mol. The Balaban J connectivity index is 1.51. The fourth-order valence-electron chi connectivity index (χ4n) is 3.60. The van der Waals surface area contributed by atoms with Crippen molar-refractivity contribution in [3.8, 4) is 0 Å². The number of carbonyl (C=O) groups excluding carboxylic acids is 2. The number of aryl methyl sites for hydroxylation is 1. The molecule has 0 atom stereocenters. The number of hydrogen-bond donors (Lipinski definition) is 1. The smallest absolute Gasteiger partial charge is 0.258 e. The van der Waals surface area contributed by atoms with Crippen molar-refractivity contribution in [3.63, 3.8) is 0 Å². The largest absolute Gasteiger partial charge is 0.348 e. The van der Waals surface area contributed by atoms with E-state index in [0.29, 0.717) is 12.1 Å². The van der Waals surface area contributed by atoms with Crippen molar-refractivity contribution in [2.75, 3.05) is 11.4 Å². The van der Waals surface area contributed by atoms with Gasteiger partial charge in [0.25, 0.3) is 11.8 Å². The minimum absolute atomic E-state index is 0.0184. The molecule has 2 amide bonds. The first-order chi connectivity index (χ1) is 14.0. The normalized spacial score (nSPS) is 12.6. The molecule has 3 aromatic carbocycles. The lowest BCUT2D eigenvalue weighted by Crippen LogP contribution is -2.29. The number of anilines is 1. The molecule has 0 aliphatic carbocycles. The molecule has 5 heteroatoms. The van der Waals surface area contributed by atoms with Gasteiger partial charge in [-0.15, -0.1) is 0 Å². The van der Waals surface area contributed by atoms with Crippen LogP contribution in [0, 0.1) is 12.7 Å². The van der Waals surface area contributed by atoms with E-state index in [0.717, 1.165) is 28.8 Å². The molecule has 4 nitrogen and oxygen atoms in total. The van der Waals surface area contributed by atoms with E-state index >= 15 is 0 Å². The lowest BCUT2D eigenvalue weighted by atomic mass is 10.1. The fourth-order valence-corrected chi connectivity index (χ4v) is 3.60. The lowest BCUT2D eigenvalue weighted by Gasteiger charge is -2.18. The molecule has 1 N–H and O–H groups in total. The lowest BCUT2D eigenvalue weighted by molar-refractivity contribution is 0.0945. The van der Waals surface area contributed by atoms with Crippen molar-refractivity contribution in [3.05, 3.63) is 100 Å². The van der Waals surface area contributed by atoms with Gasteiger partial charge >= 0.3 is 0 Å². The monoisotopic (exact) mass is 388 g/mol. The maximum atomic E-state index is 13.8. The van der Waals surface area contributed by atoms with Crippen LogP contribution in [0.5, 0.6) is 0 Å². The Kier molecular flexibility index (Phi) is 5.12. The van der Waals surface area contributed by atoms with Gasteiger partial charge in [0.05, 0.1) is 5.56 Å². The first-order valence-corrected chi connectivity index (χ1v) is 9.56. The summed E-state index contributed by atoms with van der Waals surface area (Å²) in [6.07, 6.45) is 0.800. The molecule has 1 aliphatic rings. The third kappa shape index (κ3) is 3.90. The number of halogens is 1. The van der Waals surface area contributed by atoms with Crippen LogP contribution in [0.25, 0.3) is 0 Å². The molecule has 0 fully saturated rings. The van der Waals surface area contributed by atoms with Gasteiger partial charge in [0.15, 0.2) is 0 Å². The highest BCUT2D eigenvalue weighted by molar-refractivity contribution is 6.07. The maximum Gasteiger partial charge on any atom is 0.258 e. The molecule has 1 heterocycles. The van der Waals surface area contributed by atoms with E-state index in [1.807, 2.05) is 49.4 Å². The third-order valence-corrected chi connectivity index (χ3v) is 5.13. The minimum atomic E-state index is -0.547. The van der Waals surface area contributed by atoms with Crippen LogP contribution in [0.3, 0.4) is 0 Å². The molecule has 0 spiro atoms. The second-order valence-corrected chi connectivity index (χ2v) is 7.20. The topological polar surface area (TPSA) is 49.4 Å². The van der Waals surface area contributed by atoms with Gasteiger partial charge in [-0.3, -0.25) is 9.59 Å². The van der Waals surface area contributed by atoms with Gasteiger partial charge in [-0.25, -0.2) is 4.39 Å². The minimum Gasteiger partial charge on any atom is -0.348 e. The number of nitrogens with zero attached hydrogens (tertiary/aromatic N) is 1. The van der Waals surface area contributed by atoms with E-state index in [4.69, 9.17) is 0 Å². The predicted octanol–water partition coefficient (Wildman–Crippen LogP) is 4.27. The summed E-state index contributed by atoms with van der Waals surface area (Å²) in [6.45, 7) is 2.85. The zero-order chi connectivity index (χ0) is 20.4. The Morgan fingerprint density at radius 2 is 1.86 bits per heavy atom. The van der Waals surface area contributed by atoms with Crippen LogP contribution >= 0.6 is 0 Å². The number of hydrogen-bond acceptors (Lipinski definition) is 2. The van der Waals surface area contributed by atoms with Gasteiger partial charge in [0, 0.05) is 24.3 Å². The summed E-state index contributed by atoms with van der Waals surface area (Å²) in [5.74, 6) is -1.04. The van der Waals surface area contributed by atoms with Crippen LogP contribution in [-0.2, 0) is 13.0 Å². The highest BCUT2D eigenvalue weighted by Gasteiger charge is 2.26. The summed E-state index contributed by atoms with van der Waals surface area (Å²) in [4.78, 5) is 27.0. The highest BCUT2D eigenvalue weighted by atomic mass is 19.1. The van der Waals surface area contributed by atoms with Crippen molar-refractivity contribution in [2.24, 2.45) is 0 Å². The molecule has 0 unspecified atom stereocenters. The Morgan fingerprint density at radius 3 is 2.66 bits per heavy atom. The molecule has 0 saturated heterocycles. The van der Waals surface area contributed by atoms with Crippen molar-refractivity contribution >= 4 is 17.5 Å². The molecule has 146 valence electrons. The standard InChI is InChI=1S/C24H21FN2O2/c1-16-5-4-6-19(13-16)24(29)27-12-11-18-10-9-17(14-22(18)27)15-26-23(28)20-7-2-3-8-21(20)25/h2-10,13-14H,11-12,15H2,1H3,(H,26,28). The molecule has 0 bridgehead atoms. The van der Waals surface area contributed by atoms with Crippen LogP contribution in [0.2, 0.25) is 0 Å². The van der Waals surface area contributed by atoms with Crippen LogP contribution in [0.15, 0.2) is 66.7 Å². The summed E-state index contributed by atoms with van der Waals surface area (Å²) in [5.41, 5.74) is 4.56. The van der Waals surface area contributed by atoms with Crippen LogP contribution < -0.4 is 10.2 Å². The third-order valence-electron chi connectivity index (χ3n) is 5.13. The number of fused-ring (bicyclic) bond motifs is 1. The molecular formula is C24H21FN2O2. The van der Waals surface area contributed by atoms with Crippen LogP contribution in [-0.4, -0.2) is 18.4 Å². The highest BCUT2D eigenvalue weighted by Crippen LogP contribution is 2.30. The van der Waals surface area contributed by atoms with Crippen LogP contribution in [0.4, 0.5) is 10.1 Å². The first kappa shape index (κ1) is 18.9. The molecule has 1 aliphatic heterocycles. The molecule has 3 aromatic rings. The maximum absolute atomic E-state index is 13.8. The molecule has 0 radical (unpaired) electrons. The van der Waals surface area contributed by atoms with Crippen molar-refractivity contribution in [1.29, 1.82) is 0 Å².